The Bertz CT molecular complexity index is 831. The SMILES string of the molecule is CC(C)(C)OC(=O)Nc1ncc(Br)cc1NS(=O)(=O)CS(C)(=O)=O. The predicted molar refractivity (Wildman–Crippen MR) is 94.0 cm³/mol. The van der Waals surface area contributed by atoms with Gasteiger partial charge in [-0.05, 0) is 42.8 Å². The second-order valence-electron chi connectivity index (χ2n) is 5.94. The summed E-state index contributed by atoms with van der Waals surface area (Å²) in [6.07, 6.45) is 1.30. The lowest BCUT2D eigenvalue weighted by Crippen LogP contribution is -2.28. The van der Waals surface area contributed by atoms with Gasteiger partial charge in [-0.1, -0.05) is 0 Å². The Morgan fingerprint density at radius 3 is 2.38 bits per heavy atom. The summed E-state index contributed by atoms with van der Waals surface area (Å²) < 4.78 is 53.8. The van der Waals surface area contributed by atoms with Crippen molar-refractivity contribution >= 4 is 53.4 Å². The molecule has 24 heavy (non-hydrogen) atoms. The number of nitrogens with one attached hydrogen (secondary N) is 2. The second-order valence-corrected chi connectivity index (χ2v) is 11.1. The van der Waals surface area contributed by atoms with Gasteiger partial charge in [-0.3, -0.25) is 10.0 Å². The number of nitrogens with zero attached hydrogens (tertiary/aromatic N) is 1. The fourth-order valence-corrected chi connectivity index (χ4v) is 4.81. The molecule has 12 heteroatoms. The van der Waals surface area contributed by atoms with E-state index in [1.807, 2.05) is 0 Å². The Balaban J connectivity index is 3.07. The molecule has 0 spiro atoms. The topological polar surface area (TPSA) is 132 Å². The molecule has 0 fully saturated rings. The zero-order valence-corrected chi connectivity index (χ0v) is 16.7. The first kappa shape index (κ1) is 20.6. The number of rotatable bonds is 5. The number of amides is 1. The van der Waals surface area contributed by atoms with Crippen molar-refractivity contribution in [1.82, 2.24) is 4.98 Å². The molecular formula is C12H18BrN3O6S2. The monoisotopic (exact) mass is 443 g/mol. The minimum atomic E-state index is -4.19. The van der Waals surface area contributed by atoms with Gasteiger partial charge in [-0.25, -0.2) is 26.6 Å². The Morgan fingerprint density at radius 2 is 1.88 bits per heavy atom. The fraction of sp³-hybridized carbons (Fsp3) is 0.500. The number of carbonyl (C=O) groups excluding carboxylic acids is 1. The van der Waals surface area contributed by atoms with E-state index in [0.29, 0.717) is 4.47 Å². The number of carbonyl (C=O) groups is 1. The summed E-state index contributed by atoms with van der Waals surface area (Å²) in [5.41, 5.74) is -0.853. The van der Waals surface area contributed by atoms with Gasteiger partial charge in [-0.15, -0.1) is 0 Å². The highest BCUT2D eigenvalue weighted by molar-refractivity contribution is 9.10. The molecule has 0 aliphatic rings. The predicted octanol–water partition coefficient (Wildman–Crippen LogP) is 1.93. The average molecular weight is 444 g/mol. The molecule has 1 amide bonds. The fourth-order valence-electron chi connectivity index (χ4n) is 1.50. The molecule has 0 bridgehead atoms. The van der Waals surface area contributed by atoms with E-state index in [1.165, 1.54) is 12.3 Å². The quantitative estimate of drug-likeness (QED) is 0.709. The van der Waals surface area contributed by atoms with Crippen LogP contribution >= 0.6 is 15.9 Å². The van der Waals surface area contributed by atoms with E-state index >= 15 is 0 Å². The molecule has 1 aromatic rings. The van der Waals surface area contributed by atoms with Crippen LogP contribution < -0.4 is 10.0 Å². The molecule has 0 aromatic carbocycles. The Morgan fingerprint density at radius 1 is 1.29 bits per heavy atom. The van der Waals surface area contributed by atoms with Crippen molar-refractivity contribution < 1.29 is 26.4 Å². The lowest BCUT2D eigenvalue weighted by atomic mass is 10.2. The number of sulfone groups is 1. The van der Waals surface area contributed by atoms with Crippen LogP contribution in [0.3, 0.4) is 0 Å². The maximum absolute atomic E-state index is 11.9. The van der Waals surface area contributed by atoms with Crippen LogP contribution in [0.4, 0.5) is 16.3 Å². The number of halogens is 1. The van der Waals surface area contributed by atoms with Gasteiger partial charge in [0.25, 0.3) is 0 Å². The van der Waals surface area contributed by atoms with Crippen molar-refractivity contribution in [2.24, 2.45) is 0 Å². The third-order valence-corrected chi connectivity index (χ3v) is 6.03. The Hall–Kier alpha value is -1.40. The van der Waals surface area contributed by atoms with Crippen molar-refractivity contribution in [3.63, 3.8) is 0 Å². The summed E-state index contributed by atoms with van der Waals surface area (Å²) in [4.78, 5) is 15.7. The molecular weight excluding hydrogens is 426 g/mol. The molecule has 1 heterocycles. The summed E-state index contributed by atoms with van der Waals surface area (Å²) >= 11 is 3.12. The van der Waals surface area contributed by atoms with E-state index < -0.39 is 36.6 Å². The molecule has 136 valence electrons. The summed E-state index contributed by atoms with van der Waals surface area (Å²) in [5.74, 6) is -0.121. The van der Waals surface area contributed by atoms with Crippen molar-refractivity contribution in [3.05, 3.63) is 16.7 Å². The zero-order valence-electron chi connectivity index (χ0n) is 13.5. The molecule has 9 nitrogen and oxygen atoms in total. The molecule has 0 atom stereocenters. The van der Waals surface area contributed by atoms with Gasteiger partial charge in [0.2, 0.25) is 10.0 Å². The van der Waals surface area contributed by atoms with Gasteiger partial charge < -0.3 is 4.74 Å². The van der Waals surface area contributed by atoms with E-state index in [2.05, 4.69) is 31.0 Å². The molecule has 0 saturated carbocycles. The number of ether oxygens (including phenoxy) is 1. The Kier molecular flexibility index (Phi) is 6.22. The number of pyridine rings is 1. The molecule has 0 unspecified atom stereocenters. The summed E-state index contributed by atoms with van der Waals surface area (Å²) in [7, 11) is -7.96. The second kappa shape index (κ2) is 7.23. The van der Waals surface area contributed by atoms with Crippen LogP contribution in [-0.4, -0.2) is 44.9 Å². The third-order valence-electron chi connectivity index (χ3n) is 2.11. The average Bonchev–Trinajstić information content (AvgIpc) is 2.26. The first-order valence-electron chi connectivity index (χ1n) is 6.51. The van der Waals surface area contributed by atoms with Gasteiger partial charge in [0.15, 0.2) is 20.7 Å². The number of hydrogen-bond donors (Lipinski definition) is 2. The molecule has 0 saturated heterocycles. The van der Waals surface area contributed by atoms with Crippen LogP contribution in [0.25, 0.3) is 0 Å². The first-order valence-corrected chi connectivity index (χ1v) is 11.0. The van der Waals surface area contributed by atoms with Gasteiger partial charge >= 0.3 is 6.09 Å². The van der Waals surface area contributed by atoms with Crippen molar-refractivity contribution in [3.8, 4) is 0 Å². The minimum absolute atomic E-state index is 0.0983. The first-order chi connectivity index (χ1) is 10.7. The molecule has 2 N–H and O–H groups in total. The molecule has 1 rings (SSSR count). The van der Waals surface area contributed by atoms with Crippen molar-refractivity contribution in [2.45, 2.75) is 26.4 Å². The molecule has 0 radical (unpaired) electrons. The highest BCUT2D eigenvalue weighted by atomic mass is 79.9. The number of anilines is 2. The third kappa shape index (κ3) is 7.93. The van der Waals surface area contributed by atoms with E-state index in [1.54, 1.807) is 20.8 Å². The highest BCUT2D eigenvalue weighted by Gasteiger charge is 2.22. The number of sulfonamides is 1. The van der Waals surface area contributed by atoms with Crippen LogP contribution in [0.1, 0.15) is 20.8 Å². The smallest absolute Gasteiger partial charge is 0.413 e. The lowest BCUT2D eigenvalue weighted by Gasteiger charge is -2.20. The van der Waals surface area contributed by atoms with E-state index in [-0.39, 0.29) is 11.5 Å². The Labute approximate surface area is 149 Å². The molecule has 0 aliphatic heterocycles. The van der Waals surface area contributed by atoms with E-state index in [9.17, 15) is 21.6 Å². The van der Waals surface area contributed by atoms with E-state index in [0.717, 1.165) is 6.26 Å². The normalized spacial score (nSPS) is 12.5. The lowest BCUT2D eigenvalue weighted by molar-refractivity contribution is 0.0635. The number of hydrogen-bond acceptors (Lipinski definition) is 7. The largest absolute Gasteiger partial charge is 0.444 e. The number of aromatic nitrogens is 1. The van der Waals surface area contributed by atoms with Crippen LogP contribution in [-0.2, 0) is 24.6 Å². The van der Waals surface area contributed by atoms with Crippen molar-refractivity contribution in [1.29, 1.82) is 0 Å². The maximum atomic E-state index is 11.9. The van der Waals surface area contributed by atoms with Crippen LogP contribution in [0.15, 0.2) is 16.7 Å². The summed E-state index contributed by atoms with van der Waals surface area (Å²) in [6, 6.07) is 1.33. The van der Waals surface area contributed by atoms with Gasteiger partial charge in [0.05, 0.1) is 5.69 Å². The van der Waals surface area contributed by atoms with Gasteiger partial charge in [0.1, 0.15) is 5.60 Å². The molecule has 1 aromatic heterocycles. The summed E-state index contributed by atoms with van der Waals surface area (Å²) in [6.45, 7) is 4.99. The minimum Gasteiger partial charge on any atom is -0.444 e. The van der Waals surface area contributed by atoms with Gasteiger partial charge in [0, 0.05) is 16.9 Å². The molecule has 0 aliphatic carbocycles. The van der Waals surface area contributed by atoms with Crippen molar-refractivity contribution in [2.75, 3.05) is 21.4 Å². The summed E-state index contributed by atoms with van der Waals surface area (Å²) in [5, 5.41) is 1.21. The van der Waals surface area contributed by atoms with Crippen LogP contribution in [0.5, 0.6) is 0 Å². The maximum Gasteiger partial charge on any atom is 0.413 e. The standard InChI is InChI=1S/C12H18BrN3O6S2/c1-12(2,3)22-11(17)15-10-9(5-8(13)6-14-10)16-24(20,21)7-23(4,18)19/h5-6,16H,7H2,1-4H3,(H,14,15,17). The van der Waals surface area contributed by atoms with Crippen LogP contribution in [0, 0.1) is 0 Å². The zero-order chi connectivity index (χ0) is 18.8. The van der Waals surface area contributed by atoms with Crippen LogP contribution in [0.2, 0.25) is 0 Å². The highest BCUT2D eigenvalue weighted by Crippen LogP contribution is 2.25. The van der Waals surface area contributed by atoms with Gasteiger partial charge in [-0.2, -0.15) is 0 Å². The van der Waals surface area contributed by atoms with E-state index in [4.69, 9.17) is 4.74 Å².